The second-order valence-electron chi connectivity index (χ2n) is 3.67. The first kappa shape index (κ1) is 14.7. The van der Waals surface area contributed by atoms with Crippen molar-refractivity contribution in [2.45, 2.75) is 19.8 Å². The van der Waals surface area contributed by atoms with Crippen LogP contribution in [0.2, 0.25) is 0 Å². The van der Waals surface area contributed by atoms with Crippen LogP contribution < -0.4 is 10.6 Å². The Labute approximate surface area is 95.4 Å². The highest BCUT2D eigenvalue weighted by molar-refractivity contribution is 5.73. The SMILES string of the molecule is COCCNC(=O)NCC(C)CCC(=O)O. The quantitative estimate of drug-likeness (QED) is 0.530. The number of carboxylic acids is 1. The predicted octanol–water partition coefficient (Wildman–Crippen LogP) is 0.433. The molecule has 1 unspecified atom stereocenters. The van der Waals surface area contributed by atoms with Crippen LogP contribution in [0.4, 0.5) is 4.79 Å². The summed E-state index contributed by atoms with van der Waals surface area (Å²) in [6, 6.07) is -0.251. The van der Waals surface area contributed by atoms with Crippen molar-refractivity contribution in [2.75, 3.05) is 26.8 Å². The predicted molar refractivity (Wildman–Crippen MR) is 59.3 cm³/mol. The van der Waals surface area contributed by atoms with Crippen molar-refractivity contribution in [3.8, 4) is 0 Å². The Bertz CT molecular complexity index is 221. The maximum absolute atomic E-state index is 11.2. The summed E-state index contributed by atoms with van der Waals surface area (Å²) in [4.78, 5) is 21.5. The highest BCUT2D eigenvalue weighted by atomic mass is 16.5. The Morgan fingerprint density at radius 1 is 1.38 bits per heavy atom. The van der Waals surface area contributed by atoms with E-state index in [0.29, 0.717) is 26.1 Å². The van der Waals surface area contributed by atoms with E-state index in [1.54, 1.807) is 7.11 Å². The minimum absolute atomic E-state index is 0.133. The van der Waals surface area contributed by atoms with Crippen LogP contribution in [0.15, 0.2) is 0 Å². The molecule has 3 N–H and O–H groups in total. The van der Waals surface area contributed by atoms with Gasteiger partial charge in [-0.25, -0.2) is 4.79 Å². The fourth-order valence-corrected chi connectivity index (χ4v) is 1.07. The Hall–Kier alpha value is -1.30. The van der Waals surface area contributed by atoms with E-state index in [9.17, 15) is 9.59 Å². The molecule has 0 aliphatic carbocycles. The minimum atomic E-state index is -0.809. The van der Waals surface area contributed by atoms with E-state index in [2.05, 4.69) is 10.6 Å². The average Bonchev–Trinajstić information content (AvgIpc) is 2.24. The van der Waals surface area contributed by atoms with E-state index in [1.165, 1.54) is 0 Å². The molecule has 6 heteroatoms. The van der Waals surface area contributed by atoms with E-state index in [1.807, 2.05) is 6.92 Å². The molecule has 0 fully saturated rings. The number of carbonyl (C=O) groups is 2. The number of rotatable bonds is 8. The summed E-state index contributed by atoms with van der Waals surface area (Å²) in [6.07, 6.45) is 0.696. The number of carboxylic acid groups (broad SMARTS) is 1. The van der Waals surface area contributed by atoms with Gasteiger partial charge in [0, 0.05) is 26.6 Å². The third kappa shape index (κ3) is 9.26. The second kappa shape index (κ2) is 8.96. The van der Waals surface area contributed by atoms with Crippen molar-refractivity contribution in [2.24, 2.45) is 5.92 Å². The van der Waals surface area contributed by atoms with E-state index in [4.69, 9.17) is 9.84 Å². The summed E-state index contributed by atoms with van der Waals surface area (Å²) >= 11 is 0. The zero-order valence-electron chi connectivity index (χ0n) is 9.78. The summed E-state index contributed by atoms with van der Waals surface area (Å²) in [5, 5.41) is 13.7. The molecule has 0 aromatic carbocycles. The molecule has 0 aromatic heterocycles. The van der Waals surface area contributed by atoms with Crippen LogP contribution in [-0.4, -0.2) is 43.9 Å². The number of hydrogen-bond donors (Lipinski definition) is 3. The maximum atomic E-state index is 11.2. The molecular weight excluding hydrogens is 212 g/mol. The normalized spacial score (nSPS) is 11.9. The molecule has 0 heterocycles. The van der Waals surface area contributed by atoms with Crippen molar-refractivity contribution in [3.63, 3.8) is 0 Å². The van der Waals surface area contributed by atoms with E-state index in [0.717, 1.165) is 0 Å². The Morgan fingerprint density at radius 2 is 2.06 bits per heavy atom. The van der Waals surface area contributed by atoms with Gasteiger partial charge >= 0.3 is 12.0 Å². The van der Waals surface area contributed by atoms with Crippen LogP contribution in [0.3, 0.4) is 0 Å². The summed E-state index contributed by atoms with van der Waals surface area (Å²) in [5.41, 5.74) is 0. The number of aliphatic carboxylic acids is 1. The topological polar surface area (TPSA) is 87.7 Å². The van der Waals surface area contributed by atoms with Crippen LogP contribution in [-0.2, 0) is 9.53 Å². The fourth-order valence-electron chi connectivity index (χ4n) is 1.07. The smallest absolute Gasteiger partial charge is 0.314 e. The van der Waals surface area contributed by atoms with Crippen LogP contribution in [0.5, 0.6) is 0 Å². The number of amides is 2. The average molecular weight is 232 g/mol. The van der Waals surface area contributed by atoms with E-state index < -0.39 is 5.97 Å². The van der Waals surface area contributed by atoms with Crippen LogP contribution in [0.25, 0.3) is 0 Å². The number of ether oxygens (including phenoxy) is 1. The lowest BCUT2D eigenvalue weighted by atomic mass is 10.1. The molecule has 0 aliphatic rings. The van der Waals surface area contributed by atoms with Gasteiger partial charge in [-0.05, 0) is 12.3 Å². The zero-order valence-corrected chi connectivity index (χ0v) is 9.78. The van der Waals surface area contributed by atoms with Crippen molar-refractivity contribution >= 4 is 12.0 Å². The van der Waals surface area contributed by atoms with Crippen molar-refractivity contribution in [1.29, 1.82) is 0 Å². The molecule has 0 saturated carbocycles. The maximum Gasteiger partial charge on any atom is 0.314 e. The van der Waals surface area contributed by atoms with Gasteiger partial charge in [-0.2, -0.15) is 0 Å². The summed E-state index contributed by atoms with van der Waals surface area (Å²) in [6.45, 7) is 3.32. The van der Waals surface area contributed by atoms with Gasteiger partial charge < -0.3 is 20.5 Å². The summed E-state index contributed by atoms with van der Waals surface area (Å²) < 4.78 is 4.77. The molecule has 0 bridgehead atoms. The van der Waals surface area contributed by atoms with E-state index in [-0.39, 0.29) is 18.4 Å². The number of urea groups is 1. The van der Waals surface area contributed by atoms with Crippen molar-refractivity contribution in [1.82, 2.24) is 10.6 Å². The monoisotopic (exact) mass is 232 g/mol. The van der Waals surface area contributed by atoms with Crippen molar-refractivity contribution in [3.05, 3.63) is 0 Å². The Morgan fingerprint density at radius 3 is 2.62 bits per heavy atom. The van der Waals surface area contributed by atoms with Gasteiger partial charge in [-0.15, -0.1) is 0 Å². The van der Waals surface area contributed by atoms with Crippen LogP contribution >= 0.6 is 0 Å². The molecule has 6 nitrogen and oxygen atoms in total. The molecule has 0 aromatic rings. The summed E-state index contributed by atoms with van der Waals surface area (Å²) in [5.74, 6) is -0.652. The van der Waals surface area contributed by atoms with Gasteiger partial charge in [-0.1, -0.05) is 6.92 Å². The van der Waals surface area contributed by atoms with Gasteiger partial charge in [0.25, 0.3) is 0 Å². The molecule has 0 saturated heterocycles. The highest BCUT2D eigenvalue weighted by Crippen LogP contribution is 2.03. The van der Waals surface area contributed by atoms with Crippen molar-refractivity contribution < 1.29 is 19.4 Å². The number of nitrogens with one attached hydrogen (secondary N) is 2. The lowest BCUT2D eigenvalue weighted by Crippen LogP contribution is -2.39. The van der Waals surface area contributed by atoms with E-state index >= 15 is 0 Å². The molecule has 16 heavy (non-hydrogen) atoms. The highest BCUT2D eigenvalue weighted by Gasteiger charge is 2.07. The molecule has 0 aliphatic heterocycles. The van der Waals surface area contributed by atoms with Gasteiger partial charge in [0.1, 0.15) is 0 Å². The number of methoxy groups -OCH3 is 1. The molecule has 0 rings (SSSR count). The molecular formula is C10H20N2O4. The largest absolute Gasteiger partial charge is 0.481 e. The lowest BCUT2D eigenvalue weighted by molar-refractivity contribution is -0.137. The van der Waals surface area contributed by atoms with Gasteiger partial charge in [0.2, 0.25) is 0 Å². The third-order valence-corrected chi connectivity index (χ3v) is 2.05. The first-order valence-corrected chi connectivity index (χ1v) is 5.28. The first-order chi connectivity index (χ1) is 7.56. The third-order valence-electron chi connectivity index (χ3n) is 2.05. The molecule has 1 atom stereocenters. The molecule has 94 valence electrons. The fraction of sp³-hybridized carbons (Fsp3) is 0.800. The van der Waals surface area contributed by atoms with Gasteiger partial charge in [0.05, 0.1) is 6.61 Å². The van der Waals surface area contributed by atoms with Crippen LogP contribution in [0.1, 0.15) is 19.8 Å². The molecule has 2 amide bonds. The molecule has 0 spiro atoms. The lowest BCUT2D eigenvalue weighted by Gasteiger charge is -2.12. The van der Waals surface area contributed by atoms with Crippen LogP contribution in [0, 0.1) is 5.92 Å². The molecule has 0 radical (unpaired) electrons. The Balaban J connectivity index is 3.47. The minimum Gasteiger partial charge on any atom is -0.481 e. The number of hydrogen-bond acceptors (Lipinski definition) is 3. The van der Waals surface area contributed by atoms with Gasteiger partial charge in [0.15, 0.2) is 0 Å². The Kier molecular flexibility index (Phi) is 8.24. The second-order valence-corrected chi connectivity index (χ2v) is 3.67. The first-order valence-electron chi connectivity index (χ1n) is 5.28. The zero-order chi connectivity index (χ0) is 12.4. The summed E-state index contributed by atoms with van der Waals surface area (Å²) in [7, 11) is 1.56. The van der Waals surface area contributed by atoms with Gasteiger partial charge in [-0.3, -0.25) is 4.79 Å². The number of carbonyl (C=O) groups excluding carboxylic acids is 1. The standard InChI is InChI=1S/C10H20N2O4/c1-8(3-4-9(13)14)7-12-10(15)11-5-6-16-2/h8H,3-7H2,1-2H3,(H,13,14)(H2,11,12,15).